The molecule has 0 heterocycles. The van der Waals surface area contributed by atoms with Crippen LogP contribution >= 0.6 is 0 Å². The van der Waals surface area contributed by atoms with Gasteiger partial charge in [-0.25, -0.2) is 0 Å². The second-order valence-corrected chi connectivity index (χ2v) is 4.81. The Bertz CT molecular complexity index is 268. The average molecular weight is 254 g/mol. The molecular weight excluding hydrogens is 237 g/mol. The third-order valence-corrected chi connectivity index (χ3v) is 3.53. The number of rotatable bonds is 4. The summed E-state index contributed by atoms with van der Waals surface area (Å²) in [5.41, 5.74) is -1.03. The molecule has 6 heteroatoms. The lowest BCUT2D eigenvalue weighted by Gasteiger charge is -2.35. The fraction of sp³-hybridized carbons (Fsp3) is 0.909. The van der Waals surface area contributed by atoms with Gasteiger partial charge in [-0.05, 0) is 38.0 Å². The van der Waals surface area contributed by atoms with Gasteiger partial charge in [-0.3, -0.25) is 9.53 Å². The van der Waals surface area contributed by atoms with Crippen LogP contribution in [0.15, 0.2) is 0 Å². The Kier molecular flexibility index (Phi) is 4.41. The summed E-state index contributed by atoms with van der Waals surface area (Å²) in [6.07, 6.45) is -2.39. The van der Waals surface area contributed by atoms with Crippen molar-refractivity contribution in [2.45, 2.75) is 45.4 Å². The number of carboxylic acids is 1. The first kappa shape index (κ1) is 14.3. The molecule has 1 rings (SSSR count). The van der Waals surface area contributed by atoms with Gasteiger partial charge in [0.25, 0.3) is 0 Å². The van der Waals surface area contributed by atoms with Crippen molar-refractivity contribution in [2.24, 2.45) is 11.3 Å². The summed E-state index contributed by atoms with van der Waals surface area (Å²) in [5, 5.41) is 9.17. The Morgan fingerprint density at radius 3 is 2.35 bits per heavy atom. The standard InChI is InChI=1S/C11H17F3O3/c1-8-2-4-10(5-3-8,9(15)16)6-7-17-11(12,13)14/h8H,2-7H2,1H3,(H,15,16). The minimum Gasteiger partial charge on any atom is -0.481 e. The molecule has 100 valence electrons. The van der Waals surface area contributed by atoms with Crippen LogP contribution in [0.1, 0.15) is 39.0 Å². The number of hydrogen-bond acceptors (Lipinski definition) is 2. The highest BCUT2D eigenvalue weighted by Gasteiger charge is 2.41. The molecular formula is C11H17F3O3. The maximum absolute atomic E-state index is 11.8. The molecule has 3 nitrogen and oxygen atoms in total. The first-order valence-corrected chi connectivity index (χ1v) is 5.69. The number of hydrogen-bond donors (Lipinski definition) is 1. The van der Waals surface area contributed by atoms with E-state index >= 15 is 0 Å². The number of ether oxygens (including phenoxy) is 1. The number of alkyl halides is 3. The van der Waals surface area contributed by atoms with Gasteiger partial charge in [0.05, 0.1) is 12.0 Å². The highest BCUT2D eigenvalue weighted by atomic mass is 19.4. The van der Waals surface area contributed by atoms with Crippen LogP contribution in [0.25, 0.3) is 0 Å². The van der Waals surface area contributed by atoms with Crippen LogP contribution in [0.3, 0.4) is 0 Å². The number of halogens is 3. The highest BCUT2D eigenvalue weighted by molar-refractivity contribution is 5.74. The molecule has 1 aliphatic carbocycles. The Hall–Kier alpha value is -0.780. The van der Waals surface area contributed by atoms with E-state index in [-0.39, 0.29) is 6.42 Å². The molecule has 0 bridgehead atoms. The van der Waals surface area contributed by atoms with Crippen LogP contribution in [-0.4, -0.2) is 24.0 Å². The van der Waals surface area contributed by atoms with Gasteiger partial charge in [-0.15, -0.1) is 13.2 Å². The molecule has 17 heavy (non-hydrogen) atoms. The smallest absolute Gasteiger partial charge is 0.481 e. The topological polar surface area (TPSA) is 46.5 Å². The predicted molar refractivity (Wildman–Crippen MR) is 54.3 cm³/mol. The Balaban J connectivity index is 2.52. The van der Waals surface area contributed by atoms with Crippen molar-refractivity contribution >= 4 is 5.97 Å². The zero-order valence-corrected chi connectivity index (χ0v) is 9.72. The molecule has 1 aliphatic rings. The molecule has 0 aromatic carbocycles. The number of aliphatic carboxylic acids is 1. The summed E-state index contributed by atoms with van der Waals surface area (Å²) < 4.78 is 39.2. The Labute approximate surface area is 97.9 Å². The van der Waals surface area contributed by atoms with Crippen LogP contribution in [-0.2, 0) is 9.53 Å². The summed E-state index contributed by atoms with van der Waals surface area (Å²) in [5.74, 6) is -0.554. The van der Waals surface area contributed by atoms with Gasteiger partial charge in [0.1, 0.15) is 0 Å². The molecule has 0 amide bonds. The normalized spacial score (nSPS) is 30.2. The van der Waals surface area contributed by atoms with Gasteiger partial charge in [0.2, 0.25) is 0 Å². The van der Waals surface area contributed by atoms with Crippen molar-refractivity contribution in [3.8, 4) is 0 Å². The van der Waals surface area contributed by atoms with E-state index in [0.717, 1.165) is 12.8 Å². The van der Waals surface area contributed by atoms with Crippen LogP contribution in [0.4, 0.5) is 13.2 Å². The number of carboxylic acid groups (broad SMARTS) is 1. The summed E-state index contributed by atoms with van der Waals surface area (Å²) in [6, 6.07) is 0. The van der Waals surface area contributed by atoms with Crippen molar-refractivity contribution in [1.82, 2.24) is 0 Å². The Morgan fingerprint density at radius 2 is 1.94 bits per heavy atom. The van der Waals surface area contributed by atoms with Crippen molar-refractivity contribution in [3.63, 3.8) is 0 Å². The monoisotopic (exact) mass is 254 g/mol. The van der Waals surface area contributed by atoms with E-state index in [0.29, 0.717) is 18.8 Å². The molecule has 0 spiro atoms. The van der Waals surface area contributed by atoms with Crippen molar-refractivity contribution in [2.75, 3.05) is 6.61 Å². The first-order chi connectivity index (χ1) is 7.75. The largest absolute Gasteiger partial charge is 0.522 e. The van der Waals surface area contributed by atoms with Crippen molar-refractivity contribution in [1.29, 1.82) is 0 Å². The van der Waals surface area contributed by atoms with Crippen LogP contribution in [0, 0.1) is 11.3 Å². The zero-order chi connectivity index (χ0) is 13.1. The maximum atomic E-state index is 11.8. The number of carbonyl (C=O) groups is 1. The van der Waals surface area contributed by atoms with Gasteiger partial charge >= 0.3 is 12.3 Å². The molecule has 0 saturated heterocycles. The molecule has 0 aromatic heterocycles. The molecule has 1 N–H and O–H groups in total. The van der Waals surface area contributed by atoms with Crippen molar-refractivity contribution < 1.29 is 27.8 Å². The van der Waals surface area contributed by atoms with E-state index in [1.807, 2.05) is 6.92 Å². The summed E-state index contributed by atoms with van der Waals surface area (Å²) >= 11 is 0. The minimum absolute atomic E-state index is 0.0748. The minimum atomic E-state index is -4.68. The lowest BCUT2D eigenvalue weighted by atomic mass is 9.69. The van der Waals surface area contributed by atoms with Crippen molar-refractivity contribution in [3.05, 3.63) is 0 Å². The lowest BCUT2D eigenvalue weighted by Crippen LogP contribution is -2.36. The van der Waals surface area contributed by atoms with E-state index in [9.17, 15) is 18.0 Å². The van der Waals surface area contributed by atoms with E-state index in [1.165, 1.54) is 0 Å². The first-order valence-electron chi connectivity index (χ1n) is 5.69. The zero-order valence-electron chi connectivity index (χ0n) is 9.72. The van der Waals surface area contributed by atoms with Gasteiger partial charge in [0.15, 0.2) is 0 Å². The van der Waals surface area contributed by atoms with E-state index in [2.05, 4.69) is 4.74 Å². The Morgan fingerprint density at radius 1 is 1.41 bits per heavy atom. The van der Waals surface area contributed by atoms with Gasteiger partial charge in [-0.1, -0.05) is 6.92 Å². The molecule has 1 saturated carbocycles. The molecule has 0 aliphatic heterocycles. The van der Waals surface area contributed by atoms with E-state index in [4.69, 9.17) is 5.11 Å². The summed E-state index contributed by atoms with van der Waals surface area (Å²) in [4.78, 5) is 11.2. The highest BCUT2D eigenvalue weighted by Crippen LogP contribution is 2.42. The molecule has 0 unspecified atom stereocenters. The average Bonchev–Trinajstić information content (AvgIpc) is 2.19. The third-order valence-electron chi connectivity index (χ3n) is 3.53. The molecule has 0 atom stereocenters. The van der Waals surface area contributed by atoms with Crippen LogP contribution < -0.4 is 0 Å². The van der Waals surface area contributed by atoms with Gasteiger partial charge in [0, 0.05) is 0 Å². The molecule has 0 aromatic rings. The second-order valence-electron chi connectivity index (χ2n) is 4.81. The molecule has 1 fully saturated rings. The molecule has 0 radical (unpaired) electrons. The van der Waals surface area contributed by atoms with Gasteiger partial charge in [-0.2, -0.15) is 0 Å². The quantitative estimate of drug-likeness (QED) is 0.838. The predicted octanol–water partition coefficient (Wildman–Crippen LogP) is 3.19. The summed E-state index contributed by atoms with van der Waals surface area (Å²) in [6.45, 7) is 1.45. The third kappa shape index (κ3) is 4.18. The van der Waals surface area contributed by atoms with E-state index in [1.54, 1.807) is 0 Å². The van der Waals surface area contributed by atoms with Gasteiger partial charge < -0.3 is 5.11 Å². The fourth-order valence-corrected chi connectivity index (χ4v) is 2.25. The summed E-state index contributed by atoms with van der Waals surface area (Å²) in [7, 11) is 0. The fourth-order valence-electron chi connectivity index (χ4n) is 2.25. The maximum Gasteiger partial charge on any atom is 0.522 e. The lowest BCUT2D eigenvalue weighted by molar-refractivity contribution is -0.326. The van der Waals surface area contributed by atoms with Crippen LogP contribution in [0.5, 0.6) is 0 Å². The second kappa shape index (κ2) is 5.25. The van der Waals surface area contributed by atoms with Crippen LogP contribution in [0.2, 0.25) is 0 Å². The van der Waals surface area contributed by atoms with E-state index < -0.39 is 24.4 Å². The SMILES string of the molecule is CC1CCC(CCOC(F)(F)F)(C(=O)O)CC1.